The largest absolute Gasteiger partial charge is 0.481 e. The molecule has 4 N–H and O–H groups in total. The number of amides is 3. The molecule has 1 fully saturated rings. The van der Waals surface area contributed by atoms with E-state index < -0.39 is 17.4 Å². The molecule has 7 heteroatoms. The maximum absolute atomic E-state index is 11.5. The summed E-state index contributed by atoms with van der Waals surface area (Å²) in [6.07, 6.45) is 0.684. The molecule has 7 nitrogen and oxygen atoms in total. The van der Waals surface area contributed by atoms with Gasteiger partial charge in [-0.3, -0.25) is 9.59 Å². The zero-order valence-corrected chi connectivity index (χ0v) is 10.6. The molecular weight excluding hydrogens is 238 g/mol. The van der Waals surface area contributed by atoms with Gasteiger partial charge in [-0.15, -0.1) is 0 Å². The Morgan fingerprint density at radius 3 is 2.67 bits per heavy atom. The predicted molar refractivity (Wildman–Crippen MR) is 64.0 cm³/mol. The van der Waals surface area contributed by atoms with Crippen LogP contribution in [0.15, 0.2) is 0 Å². The van der Waals surface area contributed by atoms with Crippen molar-refractivity contribution in [3.05, 3.63) is 0 Å². The van der Waals surface area contributed by atoms with Gasteiger partial charge in [-0.2, -0.15) is 0 Å². The van der Waals surface area contributed by atoms with Gasteiger partial charge in [0.1, 0.15) is 0 Å². The summed E-state index contributed by atoms with van der Waals surface area (Å²) in [5.41, 5.74) is -0.971. The van der Waals surface area contributed by atoms with Crippen LogP contribution in [-0.2, 0) is 9.59 Å². The SMILES string of the molecule is CCC(C)(CNC(=O)NC1CNC(=O)C1)C(=O)O. The number of rotatable bonds is 5. The quantitative estimate of drug-likeness (QED) is 0.541. The van der Waals surface area contributed by atoms with Gasteiger partial charge in [0.2, 0.25) is 5.91 Å². The van der Waals surface area contributed by atoms with Gasteiger partial charge in [-0.05, 0) is 13.3 Å². The summed E-state index contributed by atoms with van der Waals surface area (Å²) < 4.78 is 0. The Hall–Kier alpha value is -1.79. The van der Waals surface area contributed by atoms with E-state index in [0.717, 1.165) is 0 Å². The first-order valence-corrected chi connectivity index (χ1v) is 5.92. The van der Waals surface area contributed by atoms with Crippen molar-refractivity contribution in [1.29, 1.82) is 0 Å². The summed E-state index contributed by atoms with van der Waals surface area (Å²) in [4.78, 5) is 33.5. The van der Waals surface area contributed by atoms with Gasteiger partial charge < -0.3 is 21.1 Å². The van der Waals surface area contributed by atoms with Crippen molar-refractivity contribution in [2.24, 2.45) is 5.41 Å². The molecule has 0 radical (unpaired) electrons. The number of carboxylic acid groups (broad SMARTS) is 1. The van der Waals surface area contributed by atoms with Crippen molar-refractivity contribution < 1.29 is 19.5 Å². The van der Waals surface area contributed by atoms with Gasteiger partial charge >= 0.3 is 12.0 Å². The molecule has 0 bridgehead atoms. The maximum Gasteiger partial charge on any atom is 0.315 e. The van der Waals surface area contributed by atoms with E-state index in [1.54, 1.807) is 13.8 Å². The average molecular weight is 257 g/mol. The standard InChI is InChI=1S/C11H19N3O4/c1-3-11(2,9(16)17)6-13-10(18)14-7-4-8(15)12-5-7/h7H,3-6H2,1-2H3,(H,12,15)(H,16,17)(H2,13,14,18). The van der Waals surface area contributed by atoms with E-state index in [2.05, 4.69) is 16.0 Å². The Balaban J connectivity index is 2.36. The van der Waals surface area contributed by atoms with E-state index in [9.17, 15) is 14.4 Å². The summed E-state index contributed by atoms with van der Waals surface area (Å²) in [5.74, 6) is -1.03. The van der Waals surface area contributed by atoms with Gasteiger partial charge in [0.25, 0.3) is 0 Å². The molecule has 2 atom stereocenters. The second-order valence-electron chi connectivity index (χ2n) is 4.75. The Bertz CT molecular complexity index is 358. The first kappa shape index (κ1) is 14.3. The number of carbonyl (C=O) groups excluding carboxylic acids is 2. The van der Waals surface area contributed by atoms with E-state index in [1.807, 2.05) is 0 Å². The van der Waals surface area contributed by atoms with Crippen LogP contribution in [0.4, 0.5) is 4.79 Å². The summed E-state index contributed by atoms with van der Waals surface area (Å²) in [7, 11) is 0. The third kappa shape index (κ3) is 3.61. The summed E-state index contributed by atoms with van der Waals surface area (Å²) in [6, 6.07) is -0.673. The van der Waals surface area contributed by atoms with Crippen molar-refractivity contribution in [3.63, 3.8) is 0 Å². The molecule has 102 valence electrons. The molecule has 1 saturated heterocycles. The zero-order valence-electron chi connectivity index (χ0n) is 10.6. The third-order valence-electron chi connectivity index (χ3n) is 3.25. The number of urea groups is 1. The Kier molecular flexibility index (Phi) is 4.52. The first-order chi connectivity index (χ1) is 8.37. The molecule has 0 aliphatic carbocycles. The molecule has 2 unspecified atom stereocenters. The third-order valence-corrected chi connectivity index (χ3v) is 3.25. The van der Waals surface area contributed by atoms with Crippen molar-refractivity contribution in [2.75, 3.05) is 13.1 Å². The fraction of sp³-hybridized carbons (Fsp3) is 0.727. The van der Waals surface area contributed by atoms with Crippen LogP contribution < -0.4 is 16.0 Å². The summed E-state index contributed by atoms with van der Waals surface area (Å²) in [5, 5.41) is 16.8. The number of nitrogens with one attached hydrogen (secondary N) is 3. The van der Waals surface area contributed by atoms with Gasteiger partial charge in [0.15, 0.2) is 0 Å². The molecule has 18 heavy (non-hydrogen) atoms. The van der Waals surface area contributed by atoms with Gasteiger partial charge in [0, 0.05) is 19.5 Å². The lowest BCUT2D eigenvalue weighted by atomic mass is 9.88. The molecule has 1 aliphatic heterocycles. The number of hydrogen-bond donors (Lipinski definition) is 4. The topological polar surface area (TPSA) is 108 Å². The van der Waals surface area contributed by atoms with Crippen LogP contribution >= 0.6 is 0 Å². The highest BCUT2D eigenvalue weighted by atomic mass is 16.4. The normalized spacial score (nSPS) is 21.9. The van der Waals surface area contributed by atoms with Crippen molar-refractivity contribution >= 4 is 17.9 Å². The van der Waals surface area contributed by atoms with Crippen molar-refractivity contribution in [1.82, 2.24) is 16.0 Å². The average Bonchev–Trinajstić information content (AvgIpc) is 2.71. The molecule has 1 rings (SSSR count). The van der Waals surface area contributed by atoms with E-state index in [1.165, 1.54) is 0 Å². The molecule has 3 amide bonds. The van der Waals surface area contributed by atoms with Crippen molar-refractivity contribution in [3.8, 4) is 0 Å². The molecule has 0 aromatic heterocycles. The summed E-state index contributed by atoms with van der Waals surface area (Å²) in [6.45, 7) is 3.80. The fourth-order valence-corrected chi connectivity index (χ4v) is 1.57. The second kappa shape index (κ2) is 5.70. The Morgan fingerprint density at radius 2 is 2.22 bits per heavy atom. The second-order valence-corrected chi connectivity index (χ2v) is 4.75. The van der Waals surface area contributed by atoms with E-state index >= 15 is 0 Å². The lowest BCUT2D eigenvalue weighted by molar-refractivity contribution is -0.147. The number of carboxylic acids is 1. The van der Waals surface area contributed by atoms with Crippen LogP contribution in [-0.4, -0.2) is 42.1 Å². The lowest BCUT2D eigenvalue weighted by Gasteiger charge is -2.23. The maximum atomic E-state index is 11.5. The van der Waals surface area contributed by atoms with Gasteiger partial charge in [0.05, 0.1) is 11.5 Å². The number of hydrogen-bond acceptors (Lipinski definition) is 3. The van der Waals surface area contributed by atoms with Crippen LogP contribution in [0.1, 0.15) is 26.7 Å². The summed E-state index contributed by atoms with van der Waals surface area (Å²) >= 11 is 0. The van der Waals surface area contributed by atoms with Crippen LogP contribution in [0.25, 0.3) is 0 Å². The molecule has 1 aliphatic rings. The molecule has 0 saturated carbocycles. The number of carbonyl (C=O) groups is 3. The highest BCUT2D eigenvalue weighted by molar-refractivity contribution is 5.82. The van der Waals surface area contributed by atoms with Crippen molar-refractivity contribution in [2.45, 2.75) is 32.7 Å². The predicted octanol–water partition coefficient (Wildman–Crippen LogP) is -0.325. The van der Waals surface area contributed by atoms with Gasteiger partial charge in [-0.1, -0.05) is 6.92 Å². The Labute approximate surface area is 105 Å². The van der Waals surface area contributed by atoms with Crippen LogP contribution in [0, 0.1) is 5.41 Å². The van der Waals surface area contributed by atoms with Crippen LogP contribution in [0.2, 0.25) is 0 Å². The molecule has 1 heterocycles. The highest BCUT2D eigenvalue weighted by Gasteiger charge is 2.32. The zero-order chi connectivity index (χ0) is 13.8. The molecule has 0 spiro atoms. The fourth-order valence-electron chi connectivity index (χ4n) is 1.57. The minimum Gasteiger partial charge on any atom is -0.481 e. The lowest BCUT2D eigenvalue weighted by Crippen LogP contribution is -2.47. The minimum atomic E-state index is -0.971. The first-order valence-electron chi connectivity index (χ1n) is 5.92. The highest BCUT2D eigenvalue weighted by Crippen LogP contribution is 2.19. The molecular formula is C11H19N3O4. The van der Waals surface area contributed by atoms with E-state index in [0.29, 0.717) is 13.0 Å². The smallest absolute Gasteiger partial charge is 0.315 e. The van der Waals surface area contributed by atoms with E-state index in [-0.39, 0.29) is 24.9 Å². The monoisotopic (exact) mass is 257 g/mol. The van der Waals surface area contributed by atoms with E-state index in [4.69, 9.17) is 5.11 Å². The Morgan fingerprint density at radius 1 is 1.56 bits per heavy atom. The van der Waals surface area contributed by atoms with Crippen LogP contribution in [0.3, 0.4) is 0 Å². The molecule has 0 aromatic carbocycles. The minimum absolute atomic E-state index is 0.0543. The number of aliphatic carboxylic acids is 1. The molecule has 0 aromatic rings. The van der Waals surface area contributed by atoms with Gasteiger partial charge in [-0.25, -0.2) is 4.79 Å². The van der Waals surface area contributed by atoms with Crippen LogP contribution in [0.5, 0.6) is 0 Å².